The Morgan fingerprint density at radius 2 is 1.81 bits per heavy atom. The Morgan fingerprint density at radius 1 is 1.08 bits per heavy atom. The third-order valence-electron chi connectivity index (χ3n) is 6.95. The standard InChI is InChI=1S/C27H29F3N4O2/c1-15-10-16(2)12-18(11-15)24-21-6-4-17(3)31-25(21)26(36)34(32-24)23-13-19(33-9-8-20(35)14-33)5-7-22(23)27(28,29)30/h5,7,10-13,17,20,31,35H,4,6,8-9,14H2,1-3H3. The second kappa shape index (κ2) is 8.96. The zero-order chi connectivity index (χ0) is 25.8. The van der Waals surface area contributed by atoms with E-state index in [4.69, 9.17) is 0 Å². The normalized spacial score (nSPS) is 19.8. The summed E-state index contributed by atoms with van der Waals surface area (Å²) >= 11 is 0. The van der Waals surface area contributed by atoms with Gasteiger partial charge in [-0.05, 0) is 70.4 Å². The first-order chi connectivity index (χ1) is 17.0. The van der Waals surface area contributed by atoms with Crippen molar-refractivity contribution in [3.05, 3.63) is 69.0 Å². The lowest BCUT2D eigenvalue weighted by Gasteiger charge is -2.27. The van der Waals surface area contributed by atoms with Gasteiger partial charge < -0.3 is 15.3 Å². The molecule has 2 aromatic carbocycles. The molecule has 3 heterocycles. The predicted molar refractivity (Wildman–Crippen MR) is 134 cm³/mol. The molecule has 6 nitrogen and oxygen atoms in total. The number of aryl methyl sites for hydroxylation is 2. The fourth-order valence-electron chi connectivity index (χ4n) is 5.25. The first kappa shape index (κ1) is 24.4. The molecule has 0 radical (unpaired) electrons. The zero-order valence-electron chi connectivity index (χ0n) is 20.5. The number of aliphatic hydroxyl groups is 1. The summed E-state index contributed by atoms with van der Waals surface area (Å²) in [6.45, 7) is 6.70. The van der Waals surface area contributed by atoms with Gasteiger partial charge in [0.15, 0.2) is 0 Å². The minimum atomic E-state index is -4.68. The van der Waals surface area contributed by atoms with E-state index in [-0.39, 0.29) is 11.7 Å². The van der Waals surface area contributed by atoms with E-state index in [1.165, 1.54) is 12.1 Å². The summed E-state index contributed by atoms with van der Waals surface area (Å²) in [5, 5.41) is 17.7. The van der Waals surface area contributed by atoms with Crippen molar-refractivity contribution in [3.63, 3.8) is 0 Å². The van der Waals surface area contributed by atoms with Crippen LogP contribution in [0.2, 0.25) is 0 Å². The molecule has 0 saturated carbocycles. The topological polar surface area (TPSA) is 70.4 Å². The Hall–Kier alpha value is -3.33. The van der Waals surface area contributed by atoms with Gasteiger partial charge in [0.2, 0.25) is 0 Å². The molecule has 0 spiro atoms. The van der Waals surface area contributed by atoms with Gasteiger partial charge in [-0.2, -0.15) is 23.0 Å². The van der Waals surface area contributed by atoms with E-state index in [0.29, 0.717) is 43.0 Å². The number of rotatable bonds is 3. The lowest BCUT2D eigenvalue weighted by molar-refractivity contribution is -0.137. The van der Waals surface area contributed by atoms with Gasteiger partial charge in [0.1, 0.15) is 5.69 Å². The molecule has 0 aliphatic carbocycles. The maximum atomic E-state index is 14.2. The summed E-state index contributed by atoms with van der Waals surface area (Å²) in [5.41, 5.74) is 2.95. The molecule has 190 valence electrons. The first-order valence-electron chi connectivity index (χ1n) is 12.2. The molecule has 2 N–H and O–H groups in total. The molecule has 0 amide bonds. The Bertz CT molecular complexity index is 1360. The Kier molecular flexibility index (Phi) is 6.06. The van der Waals surface area contributed by atoms with Crippen LogP contribution in [0.25, 0.3) is 16.9 Å². The van der Waals surface area contributed by atoms with Crippen LogP contribution in [0.3, 0.4) is 0 Å². The highest BCUT2D eigenvalue weighted by Crippen LogP contribution is 2.38. The minimum Gasteiger partial charge on any atom is -0.391 e. The molecule has 2 aliphatic heterocycles. The molecular formula is C27H29F3N4O2. The van der Waals surface area contributed by atoms with Gasteiger partial charge >= 0.3 is 6.18 Å². The number of benzene rings is 2. The number of nitrogens with one attached hydrogen (secondary N) is 1. The first-order valence-corrected chi connectivity index (χ1v) is 12.2. The van der Waals surface area contributed by atoms with E-state index >= 15 is 0 Å². The van der Waals surface area contributed by atoms with E-state index in [1.54, 1.807) is 0 Å². The fourth-order valence-corrected chi connectivity index (χ4v) is 5.25. The fraction of sp³-hybridized carbons (Fsp3) is 0.407. The summed E-state index contributed by atoms with van der Waals surface area (Å²) in [6, 6.07) is 9.65. The largest absolute Gasteiger partial charge is 0.418 e. The number of β-amino-alcohol motifs (C(OH)–C–C–N with tert-alkyl or cyclic N) is 1. The van der Waals surface area contributed by atoms with Crippen molar-refractivity contribution in [3.8, 4) is 16.9 Å². The maximum Gasteiger partial charge on any atom is 0.418 e. The van der Waals surface area contributed by atoms with E-state index in [9.17, 15) is 23.1 Å². The molecule has 2 aliphatic rings. The van der Waals surface area contributed by atoms with Crippen LogP contribution >= 0.6 is 0 Å². The average Bonchev–Trinajstić information content (AvgIpc) is 3.24. The van der Waals surface area contributed by atoms with Crippen LogP contribution in [0.1, 0.15) is 42.0 Å². The van der Waals surface area contributed by atoms with Gasteiger partial charge in [-0.1, -0.05) is 17.2 Å². The summed E-state index contributed by atoms with van der Waals surface area (Å²) in [5.74, 6) is 0. The lowest BCUT2D eigenvalue weighted by Crippen LogP contribution is -2.34. The average molecular weight is 499 g/mol. The predicted octanol–water partition coefficient (Wildman–Crippen LogP) is 4.85. The van der Waals surface area contributed by atoms with Crippen molar-refractivity contribution in [2.45, 2.75) is 58.4 Å². The Morgan fingerprint density at radius 3 is 2.44 bits per heavy atom. The number of hydrogen-bond donors (Lipinski definition) is 2. The molecule has 1 aromatic heterocycles. The van der Waals surface area contributed by atoms with Gasteiger partial charge in [0, 0.05) is 35.9 Å². The van der Waals surface area contributed by atoms with E-state index in [0.717, 1.165) is 39.4 Å². The van der Waals surface area contributed by atoms with Crippen LogP contribution in [0.4, 0.5) is 24.5 Å². The minimum absolute atomic E-state index is 0.00709. The van der Waals surface area contributed by atoms with Crippen LogP contribution in [0.15, 0.2) is 41.2 Å². The van der Waals surface area contributed by atoms with Crippen molar-refractivity contribution in [2.24, 2.45) is 0 Å². The molecule has 3 aromatic rings. The molecule has 5 rings (SSSR count). The number of aromatic nitrogens is 2. The van der Waals surface area contributed by atoms with Crippen molar-refractivity contribution >= 4 is 11.4 Å². The molecule has 36 heavy (non-hydrogen) atoms. The summed E-state index contributed by atoms with van der Waals surface area (Å²) < 4.78 is 43.4. The monoisotopic (exact) mass is 498 g/mol. The molecule has 9 heteroatoms. The van der Waals surface area contributed by atoms with Crippen LogP contribution in [0, 0.1) is 13.8 Å². The SMILES string of the molecule is Cc1cc(C)cc(-c2nn(-c3cc(N4CCC(O)C4)ccc3C(F)(F)F)c(=O)c3c2CCC(C)N3)c1. The molecular weight excluding hydrogens is 469 g/mol. The highest BCUT2D eigenvalue weighted by molar-refractivity contribution is 5.72. The number of nitrogens with zero attached hydrogens (tertiary/aromatic N) is 3. The van der Waals surface area contributed by atoms with Gasteiger partial charge in [0.05, 0.1) is 23.0 Å². The summed E-state index contributed by atoms with van der Waals surface area (Å²) in [4.78, 5) is 15.5. The number of anilines is 2. The molecule has 2 atom stereocenters. The summed E-state index contributed by atoms with van der Waals surface area (Å²) in [7, 11) is 0. The number of halogens is 3. The molecule has 0 bridgehead atoms. The molecule has 1 fully saturated rings. The van der Waals surface area contributed by atoms with Crippen molar-refractivity contribution < 1.29 is 18.3 Å². The van der Waals surface area contributed by atoms with Crippen LogP contribution in [0.5, 0.6) is 0 Å². The lowest BCUT2D eigenvalue weighted by atomic mass is 9.94. The van der Waals surface area contributed by atoms with E-state index in [1.807, 2.05) is 43.9 Å². The Labute approximate surface area is 207 Å². The quantitative estimate of drug-likeness (QED) is 0.540. The van der Waals surface area contributed by atoms with Crippen molar-refractivity contribution in [2.75, 3.05) is 23.3 Å². The number of fused-ring (bicyclic) bond motifs is 1. The third kappa shape index (κ3) is 4.48. The van der Waals surface area contributed by atoms with Crippen molar-refractivity contribution in [1.29, 1.82) is 0 Å². The van der Waals surface area contributed by atoms with Crippen LogP contribution in [-0.2, 0) is 12.6 Å². The van der Waals surface area contributed by atoms with Crippen LogP contribution < -0.4 is 15.8 Å². The van der Waals surface area contributed by atoms with Gasteiger partial charge in [-0.15, -0.1) is 0 Å². The molecule has 1 saturated heterocycles. The van der Waals surface area contributed by atoms with Gasteiger partial charge in [-0.25, -0.2) is 0 Å². The number of alkyl halides is 3. The zero-order valence-corrected chi connectivity index (χ0v) is 20.5. The van der Waals surface area contributed by atoms with Crippen LogP contribution in [-0.4, -0.2) is 40.1 Å². The second-order valence-corrected chi connectivity index (χ2v) is 9.97. The molecule has 2 unspecified atom stereocenters. The number of hydrogen-bond acceptors (Lipinski definition) is 5. The smallest absolute Gasteiger partial charge is 0.391 e. The van der Waals surface area contributed by atoms with E-state index < -0.39 is 23.4 Å². The summed E-state index contributed by atoms with van der Waals surface area (Å²) in [6.07, 6.45) is -3.30. The Balaban J connectivity index is 1.78. The second-order valence-electron chi connectivity index (χ2n) is 9.97. The maximum absolute atomic E-state index is 14.2. The van der Waals surface area contributed by atoms with Gasteiger partial charge in [-0.3, -0.25) is 4.79 Å². The highest BCUT2D eigenvalue weighted by atomic mass is 19.4. The van der Waals surface area contributed by atoms with Crippen molar-refractivity contribution in [1.82, 2.24) is 9.78 Å². The highest BCUT2D eigenvalue weighted by Gasteiger charge is 2.36. The van der Waals surface area contributed by atoms with Gasteiger partial charge in [0.25, 0.3) is 5.56 Å². The third-order valence-corrected chi connectivity index (χ3v) is 6.95. The van der Waals surface area contributed by atoms with E-state index in [2.05, 4.69) is 10.4 Å². The number of aliphatic hydroxyl groups excluding tert-OH is 1.